The van der Waals surface area contributed by atoms with Gasteiger partial charge in [0.1, 0.15) is 10.5 Å². The summed E-state index contributed by atoms with van der Waals surface area (Å²) in [5.74, 6) is 0. The van der Waals surface area contributed by atoms with Crippen molar-refractivity contribution in [2.24, 2.45) is 0 Å². The van der Waals surface area contributed by atoms with Gasteiger partial charge in [0.15, 0.2) is 6.29 Å². The monoisotopic (exact) mass is 210 g/mol. The SMILES string of the molecule is CC(C)(C)OC(O[SiH3])c1ccccc1. The van der Waals surface area contributed by atoms with E-state index in [1.165, 1.54) is 0 Å². The summed E-state index contributed by atoms with van der Waals surface area (Å²) < 4.78 is 11.2. The van der Waals surface area contributed by atoms with Crippen molar-refractivity contribution >= 4 is 10.5 Å². The normalized spacial score (nSPS) is 14.2. The van der Waals surface area contributed by atoms with Gasteiger partial charge in [-0.3, -0.25) is 0 Å². The van der Waals surface area contributed by atoms with Gasteiger partial charge in [-0.2, -0.15) is 0 Å². The Morgan fingerprint density at radius 1 is 1.14 bits per heavy atom. The second-order valence-electron chi connectivity index (χ2n) is 4.21. The summed E-state index contributed by atoms with van der Waals surface area (Å²) >= 11 is 0. The van der Waals surface area contributed by atoms with E-state index in [0.717, 1.165) is 5.56 Å². The summed E-state index contributed by atoms with van der Waals surface area (Å²) in [6.45, 7) is 6.09. The lowest BCUT2D eigenvalue weighted by Gasteiger charge is -2.27. The van der Waals surface area contributed by atoms with Crippen LogP contribution < -0.4 is 0 Å². The number of ether oxygens (including phenoxy) is 1. The van der Waals surface area contributed by atoms with E-state index in [9.17, 15) is 0 Å². The highest BCUT2D eigenvalue weighted by molar-refractivity contribution is 5.98. The lowest BCUT2D eigenvalue weighted by atomic mass is 10.1. The first-order chi connectivity index (χ1) is 6.53. The third-order valence-electron chi connectivity index (χ3n) is 1.75. The molecule has 0 amide bonds. The van der Waals surface area contributed by atoms with Crippen molar-refractivity contribution in [3.05, 3.63) is 35.9 Å². The van der Waals surface area contributed by atoms with Crippen molar-refractivity contribution < 1.29 is 9.16 Å². The minimum absolute atomic E-state index is 0.176. The number of benzene rings is 1. The standard InChI is InChI=1S/C11H18O2Si/c1-11(2,3)12-10(13-14)9-7-5-4-6-8-9/h4-8,10H,1-3,14H3. The molecule has 1 aromatic rings. The topological polar surface area (TPSA) is 18.5 Å². The van der Waals surface area contributed by atoms with Gasteiger partial charge in [-0.05, 0) is 20.8 Å². The molecule has 0 aliphatic rings. The molecule has 0 N–H and O–H groups in total. The molecule has 14 heavy (non-hydrogen) atoms. The molecule has 0 aromatic heterocycles. The van der Waals surface area contributed by atoms with E-state index >= 15 is 0 Å². The van der Waals surface area contributed by atoms with Gasteiger partial charge in [0.2, 0.25) is 0 Å². The molecule has 0 saturated heterocycles. The molecule has 0 heterocycles. The zero-order valence-electron chi connectivity index (χ0n) is 9.28. The van der Waals surface area contributed by atoms with E-state index in [1.807, 2.05) is 51.1 Å². The molecular formula is C11H18O2Si. The van der Waals surface area contributed by atoms with Crippen molar-refractivity contribution in [1.29, 1.82) is 0 Å². The largest absolute Gasteiger partial charge is 0.400 e. The minimum atomic E-state index is -0.220. The van der Waals surface area contributed by atoms with Crippen molar-refractivity contribution in [2.45, 2.75) is 32.7 Å². The molecular weight excluding hydrogens is 192 g/mol. The Kier molecular flexibility index (Phi) is 3.86. The molecule has 3 heteroatoms. The van der Waals surface area contributed by atoms with Crippen LogP contribution in [0.4, 0.5) is 0 Å². The van der Waals surface area contributed by atoms with E-state index in [4.69, 9.17) is 9.16 Å². The molecule has 0 spiro atoms. The second kappa shape index (κ2) is 4.73. The van der Waals surface area contributed by atoms with Crippen LogP contribution in [0.25, 0.3) is 0 Å². The predicted molar refractivity (Wildman–Crippen MR) is 61.0 cm³/mol. The van der Waals surface area contributed by atoms with Gasteiger partial charge in [0.05, 0.1) is 5.60 Å². The Morgan fingerprint density at radius 3 is 2.14 bits per heavy atom. The summed E-state index contributed by atoms with van der Waals surface area (Å²) in [5.41, 5.74) is 0.905. The highest BCUT2D eigenvalue weighted by Gasteiger charge is 2.18. The lowest BCUT2D eigenvalue weighted by molar-refractivity contribution is -0.153. The fourth-order valence-corrected chi connectivity index (χ4v) is 1.55. The smallest absolute Gasteiger partial charge is 0.174 e. The van der Waals surface area contributed by atoms with Crippen LogP contribution in [0.5, 0.6) is 0 Å². The molecule has 0 fully saturated rings. The van der Waals surface area contributed by atoms with Crippen LogP contribution in [-0.2, 0) is 9.16 Å². The molecule has 0 aliphatic carbocycles. The summed E-state index contributed by atoms with van der Waals surface area (Å²) in [6, 6.07) is 10.0. The zero-order chi connectivity index (χ0) is 10.6. The lowest BCUT2D eigenvalue weighted by Crippen LogP contribution is -2.23. The average Bonchev–Trinajstić information content (AvgIpc) is 2.14. The van der Waals surface area contributed by atoms with Crippen molar-refractivity contribution in [3.63, 3.8) is 0 Å². The fraction of sp³-hybridized carbons (Fsp3) is 0.455. The van der Waals surface area contributed by atoms with Crippen LogP contribution >= 0.6 is 0 Å². The first-order valence-electron chi connectivity index (χ1n) is 4.78. The first-order valence-corrected chi connectivity index (χ1v) is 5.60. The molecule has 0 radical (unpaired) electrons. The van der Waals surface area contributed by atoms with Crippen molar-refractivity contribution in [3.8, 4) is 0 Å². The van der Waals surface area contributed by atoms with Crippen LogP contribution in [0.1, 0.15) is 32.6 Å². The zero-order valence-corrected chi connectivity index (χ0v) is 11.3. The molecule has 1 aromatic carbocycles. The summed E-state index contributed by atoms with van der Waals surface area (Å²) in [5, 5.41) is 0. The number of hydrogen-bond donors (Lipinski definition) is 0. The van der Waals surface area contributed by atoms with Crippen LogP contribution in [-0.4, -0.2) is 16.1 Å². The highest BCUT2D eigenvalue weighted by Crippen LogP contribution is 2.23. The van der Waals surface area contributed by atoms with Gasteiger partial charge >= 0.3 is 0 Å². The summed E-state index contributed by atoms with van der Waals surface area (Å²) in [4.78, 5) is 0. The molecule has 78 valence electrons. The first kappa shape index (κ1) is 11.4. The molecule has 2 nitrogen and oxygen atoms in total. The van der Waals surface area contributed by atoms with Crippen LogP contribution in [0.3, 0.4) is 0 Å². The van der Waals surface area contributed by atoms with Gasteiger partial charge in [0.25, 0.3) is 0 Å². The van der Waals surface area contributed by atoms with Crippen molar-refractivity contribution in [1.82, 2.24) is 0 Å². The van der Waals surface area contributed by atoms with Gasteiger partial charge in [-0.1, -0.05) is 30.3 Å². The van der Waals surface area contributed by atoms with E-state index < -0.39 is 0 Å². The van der Waals surface area contributed by atoms with Gasteiger partial charge in [-0.15, -0.1) is 0 Å². The maximum absolute atomic E-state index is 5.79. The second-order valence-corrected chi connectivity index (χ2v) is 4.68. The Bertz CT molecular complexity index is 266. The fourth-order valence-electron chi connectivity index (χ4n) is 1.18. The summed E-state index contributed by atoms with van der Waals surface area (Å²) in [6.07, 6.45) is -0.220. The average molecular weight is 210 g/mol. The molecule has 0 aliphatic heterocycles. The third-order valence-corrected chi connectivity index (χ3v) is 2.17. The Hall–Kier alpha value is -0.643. The molecule has 0 saturated carbocycles. The Labute approximate surface area is 88.8 Å². The number of hydrogen-bond acceptors (Lipinski definition) is 2. The van der Waals surface area contributed by atoms with E-state index in [-0.39, 0.29) is 11.9 Å². The van der Waals surface area contributed by atoms with Crippen LogP contribution in [0.2, 0.25) is 0 Å². The van der Waals surface area contributed by atoms with Crippen LogP contribution in [0.15, 0.2) is 30.3 Å². The molecule has 1 rings (SSSR count). The molecule has 1 unspecified atom stereocenters. The Balaban J connectivity index is 2.73. The van der Waals surface area contributed by atoms with Gasteiger partial charge in [-0.25, -0.2) is 0 Å². The van der Waals surface area contributed by atoms with E-state index in [2.05, 4.69) is 0 Å². The highest BCUT2D eigenvalue weighted by atomic mass is 28.2. The minimum Gasteiger partial charge on any atom is -0.400 e. The third kappa shape index (κ3) is 3.62. The van der Waals surface area contributed by atoms with Gasteiger partial charge in [0, 0.05) is 5.56 Å². The molecule has 1 atom stereocenters. The van der Waals surface area contributed by atoms with Gasteiger partial charge < -0.3 is 9.16 Å². The Morgan fingerprint density at radius 2 is 1.71 bits per heavy atom. The van der Waals surface area contributed by atoms with Crippen LogP contribution in [0, 0.1) is 0 Å². The van der Waals surface area contributed by atoms with E-state index in [1.54, 1.807) is 0 Å². The maximum Gasteiger partial charge on any atom is 0.174 e. The number of rotatable bonds is 3. The quantitative estimate of drug-likeness (QED) is 0.559. The predicted octanol–water partition coefficient (Wildman–Crippen LogP) is 1.80. The summed E-state index contributed by atoms with van der Waals surface area (Å²) in [7, 11) is 0.675. The van der Waals surface area contributed by atoms with E-state index in [0.29, 0.717) is 10.5 Å². The van der Waals surface area contributed by atoms with Crippen molar-refractivity contribution in [2.75, 3.05) is 0 Å². The molecule has 0 bridgehead atoms. The maximum atomic E-state index is 5.79.